The second-order valence-electron chi connectivity index (χ2n) is 4.46. The van der Waals surface area contributed by atoms with Gasteiger partial charge in [0.15, 0.2) is 0 Å². The standard InChI is InChI=1S/C11H15BrN2O2S/c1-7-4-10(2-3-11(7)12)17(15,16)14-9-5-8(13)6-9/h2-4,8-9,14H,5-6,13H2,1H3. The maximum Gasteiger partial charge on any atom is 0.240 e. The zero-order chi connectivity index (χ0) is 12.6. The molecule has 0 heterocycles. The molecule has 1 aliphatic rings. The number of nitrogens with one attached hydrogen (secondary N) is 1. The van der Waals surface area contributed by atoms with Gasteiger partial charge in [-0.05, 0) is 43.5 Å². The van der Waals surface area contributed by atoms with Gasteiger partial charge in [-0.2, -0.15) is 0 Å². The molecule has 0 unspecified atom stereocenters. The van der Waals surface area contributed by atoms with Crippen LogP contribution in [0, 0.1) is 6.92 Å². The lowest BCUT2D eigenvalue weighted by Gasteiger charge is -2.32. The van der Waals surface area contributed by atoms with E-state index in [-0.39, 0.29) is 12.1 Å². The first-order valence-electron chi connectivity index (χ1n) is 5.42. The number of sulfonamides is 1. The quantitative estimate of drug-likeness (QED) is 0.887. The molecule has 3 N–H and O–H groups in total. The first-order valence-corrected chi connectivity index (χ1v) is 7.70. The van der Waals surface area contributed by atoms with E-state index < -0.39 is 10.0 Å². The molecule has 94 valence electrons. The third kappa shape index (κ3) is 2.88. The second kappa shape index (κ2) is 4.68. The van der Waals surface area contributed by atoms with Crippen molar-refractivity contribution in [1.29, 1.82) is 0 Å². The van der Waals surface area contributed by atoms with E-state index in [2.05, 4.69) is 20.7 Å². The van der Waals surface area contributed by atoms with Crippen LogP contribution in [0.2, 0.25) is 0 Å². The van der Waals surface area contributed by atoms with Gasteiger partial charge in [-0.25, -0.2) is 13.1 Å². The molecule has 0 spiro atoms. The molecule has 17 heavy (non-hydrogen) atoms. The third-order valence-corrected chi connectivity index (χ3v) is 5.34. The monoisotopic (exact) mass is 318 g/mol. The van der Waals surface area contributed by atoms with E-state index >= 15 is 0 Å². The van der Waals surface area contributed by atoms with Crippen LogP contribution in [0.1, 0.15) is 18.4 Å². The lowest BCUT2D eigenvalue weighted by Crippen LogP contribution is -2.50. The van der Waals surface area contributed by atoms with Gasteiger partial charge in [0, 0.05) is 16.6 Å². The molecule has 4 nitrogen and oxygen atoms in total. The summed E-state index contributed by atoms with van der Waals surface area (Å²) in [7, 11) is -3.41. The van der Waals surface area contributed by atoms with Crippen molar-refractivity contribution in [3.8, 4) is 0 Å². The minimum Gasteiger partial charge on any atom is -0.328 e. The average Bonchev–Trinajstić information content (AvgIpc) is 2.19. The first-order chi connectivity index (χ1) is 7.88. The molecule has 0 aliphatic heterocycles. The molecule has 1 aliphatic carbocycles. The largest absolute Gasteiger partial charge is 0.328 e. The molecule has 1 saturated carbocycles. The Bertz CT molecular complexity index is 524. The van der Waals surface area contributed by atoms with Gasteiger partial charge >= 0.3 is 0 Å². The topological polar surface area (TPSA) is 72.2 Å². The number of hydrogen-bond acceptors (Lipinski definition) is 3. The maximum absolute atomic E-state index is 12.0. The molecule has 0 aromatic heterocycles. The van der Waals surface area contributed by atoms with Gasteiger partial charge < -0.3 is 5.73 Å². The molecule has 1 aromatic rings. The van der Waals surface area contributed by atoms with Crippen LogP contribution >= 0.6 is 15.9 Å². The van der Waals surface area contributed by atoms with Gasteiger partial charge in [-0.1, -0.05) is 15.9 Å². The average molecular weight is 319 g/mol. The van der Waals surface area contributed by atoms with E-state index in [1.165, 1.54) is 0 Å². The number of halogens is 1. The minimum absolute atomic E-state index is 0.0149. The van der Waals surface area contributed by atoms with E-state index in [4.69, 9.17) is 5.73 Å². The van der Waals surface area contributed by atoms with E-state index in [9.17, 15) is 8.42 Å². The van der Waals surface area contributed by atoms with Crippen LogP contribution in [0.15, 0.2) is 27.6 Å². The molecule has 0 radical (unpaired) electrons. The summed E-state index contributed by atoms with van der Waals surface area (Å²) in [5.74, 6) is 0. The Balaban J connectivity index is 2.17. The first kappa shape index (κ1) is 13.0. The van der Waals surface area contributed by atoms with Gasteiger partial charge in [0.2, 0.25) is 10.0 Å². The Hall–Kier alpha value is -0.430. The molecule has 0 bridgehead atoms. The van der Waals surface area contributed by atoms with Gasteiger partial charge in [-0.3, -0.25) is 0 Å². The maximum atomic E-state index is 12.0. The fraction of sp³-hybridized carbons (Fsp3) is 0.455. The van der Waals surface area contributed by atoms with Crippen LogP contribution in [-0.2, 0) is 10.0 Å². The number of rotatable bonds is 3. The summed E-state index contributed by atoms with van der Waals surface area (Å²) in [6.45, 7) is 1.86. The van der Waals surface area contributed by atoms with Crippen molar-refractivity contribution >= 4 is 26.0 Å². The SMILES string of the molecule is Cc1cc(S(=O)(=O)NC2CC(N)C2)ccc1Br. The predicted octanol–water partition coefficient (Wildman–Crippen LogP) is 1.53. The summed E-state index contributed by atoms with van der Waals surface area (Å²) in [6.07, 6.45) is 1.43. The molecule has 1 aromatic carbocycles. The van der Waals surface area contributed by atoms with E-state index in [0.29, 0.717) is 4.90 Å². The van der Waals surface area contributed by atoms with Crippen molar-refractivity contribution in [2.75, 3.05) is 0 Å². The van der Waals surface area contributed by atoms with E-state index in [1.807, 2.05) is 6.92 Å². The van der Waals surface area contributed by atoms with Crippen molar-refractivity contribution in [3.05, 3.63) is 28.2 Å². The predicted molar refractivity (Wildman–Crippen MR) is 70.2 cm³/mol. The Morgan fingerprint density at radius 2 is 2.06 bits per heavy atom. The van der Waals surface area contributed by atoms with Crippen LogP contribution in [0.5, 0.6) is 0 Å². The van der Waals surface area contributed by atoms with E-state index in [1.54, 1.807) is 18.2 Å². The summed E-state index contributed by atoms with van der Waals surface area (Å²) in [4.78, 5) is 0.304. The molecule has 2 rings (SSSR count). The zero-order valence-corrected chi connectivity index (χ0v) is 11.9. The van der Waals surface area contributed by atoms with Gasteiger partial charge in [-0.15, -0.1) is 0 Å². The number of nitrogens with two attached hydrogens (primary N) is 1. The number of benzene rings is 1. The highest BCUT2D eigenvalue weighted by Crippen LogP contribution is 2.23. The highest BCUT2D eigenvalue weighted by molar-refractivity contribution is 9.10. The summed E-state index contributed by atoms with van der Waals surface area (Å²) in [6, 6.07) is 5.12. The van der Waals surface area contributed by atoms with Crippen LogP contribution < -0.4 is 10.5 Å². The number of hydrogen-bond donors (Lipinski definition) is 2. The Morgan fingerprint density at radius 1 is 1.41 bits per heavy atom. The molecular formula is C11H15BrN2O2S. The Labute approximate surface area is 110 Å². The highest BCUT2D eigenvalue weighted by atomic mass is 79.9. The third-order valence-electron chi connectivity index (χ3n) is 2.94. The highest BCUT2D eigenvalue weighted by Gasteiger charge is 2.30. The number of aryl methyl sites for hydroxylation is 1. The molecule has 0 amide bonds. The minimum atomic E-state index is -3.41. The normalized spacial score (nSPS) is 24.4. The van der Waals surface area contributed by atoms with Crippen molar-refractivity contribution in [3.63, 3.8) is 0 Å². The van der Waals surface area contributed by atoms with Crippen molar-refractivity contribution in [2.24, 2.45) is 5.73 Å². The summed E-state index contributed by atoms with van der Waals surface area (Å²) < 4.78 is 27.6. The molecule has 1 fully saturated rings. The molecular weight excluding hydrogens is 304 g/mol. The van der Waals surface area contributed by atoms with Gasteiger partial charge in [0.25, 0.3) is 0 Å². The van der Waals surface area contributed by atoms with Crippen LogP contribution in [0.3, 0.4) is 0 Å². The molecule has 6 heteroatoms. The lowest BCUT2D eigenvalue weighted by molar-refractivity contribution is 0.327. The summed E-state index contributed by atoms with van der Waals surface area (Å²) in [5.41, 5.74) is 6.53. The smallest absolute Gasteiger partial charge is 0.240 e. The Kier molecular flexibility index (Phi) is 3.58. The summed E-state index contributed by atoms with van der Waals surface area (Å²) >= 11 is 3.35. The van der Waals surface area contributed by atoms with Crippen LogP contribution in [0.25, 0.3) is 0 Å². The van der Waals surface area contributed by atoms with Gasteiger partial charge in [0.1, 0.15) is 0 Å². The van der Waals surface area contributed by atoms with Crippen LogP contribution in [0.4, 0.5) is 0 Å². The van der Waals surface area contributed by atoms with Crippen molar-refractivity contribution in [2.45, 2.75) is 36.7 Å². The molecule has 0 saturated heterocycles. The fourth-order valence-corrected chi connectivity index (χ4v) is 3.42. The Morgan fingerprint density at radius 3 is 2.59 bits per heavy atom. The lowest BCUT2D eigenvalue weighted by atomic mass is 9.89. The second-order valence-corrected chi connectivity index (χ2v) is 7.03. The van der Waals surface area contributed by atoms with Crippen molar-refractivity contribution in [1.82, 2.24) is 4.72 Å². The summed E-state index contributed by atoms with van der Waals surface area (Å²) in [5, 5.41) is 0. The van der Waals surface area contributed by atoms with Crippen molar-refractivity contribution < 1.29 is 8.42 Å². The van der Waals surface area contributed by atoms with E-state index in [0.717, 1.165) is 22.9 Å². The van der Waals surface area contributed by atoms with Gasteiger partial charge in [0.05, 0.1) is 4.90 Å². The molecule has 0 atom stereocenters. The van der Waals surface area contributed by atoms with Crippen LogP contribution in [-0.4, -0.2) is 20.5 Å². The fourth-order valence-electron chi connectivity index (χ4n) is 1.83. The zero-order valence-electron chi connectivity index (χ0n) is 9.48.